The summed E-state index contributed by atoms with van der Waals surface area (Å²) in [6, 6.07) is 4.44. The Morgan fingerprint density at radius 3 is 2.72 bits per heavy atom. The van der Waals surface area contributed by atoms with Crippen molar-refractivity contribution >= 4 is 35.8 Å². The second-order valence-electron chi connectivity index (χ2n) is 6.66. The molecule has 6 nitrogen and oxygen atoms in total. The molecule has 0 saturated carbocycles. The maximum atomic E-state index is 13.5. The Bertz CT molecular complexity index is 650. The maximum Gasteiger partial charge on any atom is 0.241 e. The van der Waals surface area contributed by atoms with E-state index in [9.17, 15) is 9.18 Å². The lowest BCUT2D eigenvalue weighted by Gasteiger charge is -2.38. The summed E-state index contributed by atoms with van der Waals surface area (Å²) in [6.45, 7) is 4.07. The molecule has 8 heteroatoms. The number of aliphatic imine (C=N–C) groups is 1. The number of likely N-dealkylation sites (N-methyl/N-ethyl adjacent to an activating group) is 1. The normalized spacial score (nSPS) is 18.3. The highest BCUT2D eigenvalue weighted by atomic mass is 127. The molecule has 1 aromatic rings. The first-order valence-corrected chi connectivity index (χ1v) is 7.87. The van der Waals surface area contributed by atoms with Crippen LogP contribution in [0.15, 0.2) is 23.2 Å². The van der Waals surface area contributed by atoms with Crippen LogP contribution in [0.2, 0.25) is 0 Å². The summed E-state index contributed by atoms with van der Waals surface area (Å²) < 4.78 is 19.4. The van der Waals surface area contributed by atoms with E-state index in [4.69, 9.17) is 4.74 Å². The average Bonchev–Trinajstić information content (AvgIpc) is 2.49. The molecule has 0 aromatic heterocycles. The van der Waals surface area contributed by atoms with Crippen LogP contribution in [0, 0.1) is 5.82 Å². The summed E-state index contributed by atoms with van der Waals surface area (Å²) >= 11 is 0. The third-order valence-electron chi connectivity index (χ3n) is 3.87. The largest absolute Gasteiger partial charge is 0.487 e. The second-order valence-corrected chi connectivity index (χ2v) is 6.66. The van der Waals surface area contributed by atoms with Crippen molar-refractivity contribution in [1.82, 2.24) is 15.5 Å². The molecular weight excluding hydrogens is 438 g/mol. The number of benzene rings is 1. The number of hydrogen-bond acceptors (Lipinski definition) is 3. The van der Waals surface area contributed by atoms with Crippen molar-refractivity contribution in [3.05, 3.63) is 29.6 Å². The molecule has 2 rings (SSSR count). The summed E-state index contributed by atoms with van der Waals surface area (Å²) in [5.74, 6) is 0.670. The van der Waals surface area contributed by atoms with Gasteiger partial charge in [-0.1, -0.05) is 6.07 Å². The molecule has 1 heterocycles. The first-order valence-electron chi connectivity index (χ1n) is 7.87. The summed E-state index contributed by atoms with van der Waals surface area (Å²) in [4.78, 5) is 17.4. The number of fused-ring (bicyclic) bond motifs is 1. The molecule has 1 amide bonds. The van der Waals surface area contributed by atoms with Gasteiger partial charge in [-0.15, -0.1) is 24.0 Å². The minimum atomic E-state index is -0.434. The fourth-order valence-electron chi connectivity index (χ4n) is 2.63. The Morgan fingerprint density at radius 1 is 1.44 bits per heavy atom. The smallest absolute Gasteiger partial charge is 0.241 e. The SMILES string of the molecule is CN=C(NCC(=O)N(C)C)NC1CC(C)(C)Oc2cc(F)ccc21.I. The minimum absolute atomic E-state index is 0. The van der Waals surface area contributed by atoms with Gasteiger partial charge in [0, 0.05) is 39.2 Å². The van der Waals surface area contributed by atoms with Gasteiger partial charge < -0.3 is 20.3 Å². The van der Waals surface area contributed by atoms with Gasteiger partial charge in [-0.25, -0.2) is 4.39 Å². The number of halogens is 2. The van der Waals surface area contributed by atoms with Crippen molar-refractivity contribution in [1.29, 1.82) is 0 Å². The third kappa shape index (κ3) is 5.72. The summed E-state index contributed by atoms with van der Waals surface area (Å²) in [6.07, 6.45) is 0.688. The van der Waals surface area contributed by atoms with Crippen LogP contribution in [0.3, 0.4) is 0 Å². The zero-order valence-corrected chi connectivity index (χ0v) is 17.6. The third-order valence-corrected chi connectivity index (χ3v) is 3.87. The van der Waals surface area contributed by atoms with E-state index in [0.717, 1.165) is 5.56 Å². The quantitative estimate of drug-likeness (QED) is 0.410. The molecule has 0 radical (unpaired) electrons. The first kappa shape index (κ1) is 21.5. The van der Waals surface area contributed by atoms with Gasteiger partial charge in [0.1, 0.15) is 17.2 Å². The minimum Gasteiger partial charge on any atom is -0.487 e. The monoisotopic (exact) mass is 464 g/mol. The lowest BCUT2D eigenvalue weighted by Crippen LogP contribution is -2.47. The zero-order valence-electron chi connectivity index (χ0n) is 15.2. The van der Waals surface area contributed by atoms with E-state index in [1.54, 1.807) is 27.2 Å². The van der Waals surface area contributed by atoms with Gasteiger partial charge in [0.2, 0.25) is 5.91 Å². The number of nitrogens with one attached hydrogen (secondary N) is 2. The zero-order chi connectivity index (χ0) is 17.9. The lowest BCUT2D eigenvalue weighted by molar-refractivity contribution is -0.127. The maximum absolute atomic E-state index is 13.5. The Morgan fingerprint density at radius 2 is 2.12 bits per heavy atom. The molecule has 0 spiro atoms. The molecule has 1 atom stereocenters. The van der Waals surface area contributed by atoms with E-state index in [1.165, 1.54) is 17.0 Å². The summed E-state index contributed by atoms with van der Waals surface area (Å²) in [5, 5.41) is 6.30. The predicted octanol–water partition coefficient (Wildman–Crippen LogP) is 2.30. The van der Waals surface area contributed by atoms with Gasteiger partial charge in [0.05, 0.1) is 12.6 Å². The van der Waals surface area contributed by atoms with Crippen molar-refractivity contribution in [2.75, 3.05) is 27.7 Å². The van der Waals surface area contributed by atoms with Crippen LogP contribution < -0.4 is 15.4 Å². The van der Waals surface area contributed by atoms with Crippen LogP contribution >= 0.6 is 24.0 Å². The Hall–Kier alpha value is -1.58. The predicted molar refractivity (Wildman–Crippen MR) is 107 cm³/mol. The second kappa shape index (κ2) is 8.68. The van der Waals surface area contributed by atoms with Crippen molar-refractivity contribution in [2.45, 2.75) is 31.9 Å². The van der Waals surface area contributed by atoms with Crippen molar-refractivity contribution in [3.8, 4) is 5.75 Å². The van der Waals surface area contributed by atoms with Gasteiger partial charge in [-0.3, -0.25) is 9.79 Å². The molecule has 140 valence electrons. The van der Waals surface area contributed by atoms with Crippen LogP contribution in [-0.2, 0) is 4.79 Å². The standard InChI is InChI=1S/C17H25FN4O2.HI/c1-17(2)9-13(12-7-6-11(18)8-14(12)24-17)21-16(19-3)20-10-15(23)22(4)5;/h6-8,13H,9-10H2,1-5H3,(H2,19,20,21);1H. The highest BCUT2D eigenvalue weighted by Gasteiger charge is 2.34. The average molecular weight is 464 g/mol. The highest BCUT2D eigenvalue weighted by molar-refractivity contribution is 14.0. The molecule has 1 unspecified atom stereocenters. The molecule has 1 aromatic carbocycles. The lowest BCUT2D eigenvalue weighted by atomic mass is 9.90. The van der Waals surface area contributed by atoms with E-state index < -0.39 is 5.60 Å². The molecule has 0 fully saturated rings. The van der Waals surface area contributed by atoms with Crippen molar-refractivity contribution in [3.63, 3.8) is 0 Å². The molecule has 0 aliphatic carbocycles. The van der Waals surface area contributed by atoms with Crippen molar-refractivity contribution < 1.29 is 13.9 Å². The van der Waals surface area contributed by atoms with Gasteiger partial charge in [-0.2, -0.15) is 0 Å². The summed E-state index contributed by atoms with van der Waals surface area (Å²) in [5.41, 5.74) is 0.439. The number of carbonyl (C=O) groups excluding carboxylic acids is 1. The highest BCUT2D eigenvalue weighted by Crippen LogP contribution is 2.39. The topological polar surface area (TPSA) is 66.0 Å². The molecule has 0 saturated heterocycles. The molecule has 2 N–H and O–H groups in total. The fraction of sp³-hybridized carbons (Fsp3) is 0.529. The van der Waals surface area contributed by atoms with Crippen LogP contribution in [0.4, 0.5) is 4.39 Å². The van der Waals surface area contributed by atoms with Crippen molar-refractivity contribution in [2.24, 2.45) is 4.99 Å². The Labute approximate surface area is 165 Å². The van der Waals surface area contributed by atoms with Gasteiger partial charge in [0.25, 0.3) is 0 Å². The number of amides is 1. The molecule has 25 heavy (non-hydrogen) atoms. The van der Waals surface area contributed by atoms with E-state index >= 15 is 0 Å². The number of hydrogen-bond donors (Lipinski definition) is 2. The van der Waals surface area contributed by atoms with E-state index in [2.05, 4.69) is 15.6 Å². The molecule has 1 aliphatic heterocycles. The van der Waals surface area contributed by atoms with E-state index in [0.29, 0.717) is 18.1 Å². The molecular formula is C17H26FIN4O2. The van der Waals surface area contributed by atoms with Gasteiger partial charge in [0.15, 0.2) is 5.96 Å². The van der Waals surface area contributed by atoms with E-state index in [-0.39, 0.29) is 48.3 Å². The Balaban J connectivity index is 0.00000312. The van der Waals surface area contributed by atoms with Gasteiger partial charge >= 0.3 is 0 Å². The number of nitrogens with zero attached hydrogens (tertiary/aromatic N) is 2. The van der Waals surface area contributed by atoms with Crippen LogP contribution in [0.1, 0.15) is 31.9 Å². The van der Waals surface area contributed by atoms with Crippen LogP contribution in [-0.4, -0.2) is 50.1 Å². The number of carbonyl (C=O) groups is 1. The number of ether oxygens (including phenoxy) is 1. The molecule has 1 aliphatic rings. The Kier molecular flexibility index (Phi) is 7.45. The molecule has 0 bridgehead atoms. The number of rotatable bonds is 3. The van der Waals surface area contributed by atoms with E-state index in [1.807, 2.05) is 13.8 Å². The van der Waals surface area contributed by atoms with Crippen LogP contribution in [0.25, 0.3) is 0 Å². The van der Waals surface area contributed by atoms with Crippen LogP contribution in [0.5, 0.6) is 5.75 Å². The first-order chi connectivity index (χ1) is 11.2. The summed E-state index contributed by atoms with van der Waals surface area (Å²) in [7, 11) is 5.05. The number of guanidine groups is 1. The fourth-order valence-corrected chi connectivity index (χ4v) is 2.63. The van der Waals surface area contributed by atoms with Gasteiger partial charge in [-0.05, 0) is 19.9 Å².